The number of rotatable bonds is 7. The summed E-state index contributed by atoms with van der Waals surface area (Å²) >= 11 is 0. The van der Waals surface area contributed by atoms with E-state index in [4.69, 9.17) is 16.7 Å². The largest absolute Gasteiger partial charge is 0.339 e. The third kappa shape index (κ3) is 5.17. The number of nitrogens with zero attached hydrogens (tertiary/aromatic N) is 3. The van der Waals surface area contributed by atoms with Gasteiger partial charge in [0, 0.05) is 39.1 Å². The highest BCUT2D eigenvalue weighted by Gasteiger charge is 2.57. The van der Waals surface area contributed by atoms with Gasteiger partial charge in [-0.1, -0.05) is 48.5 Å². The fraction of sp³-hybridized carbons (Fsp3) is 0.440. The number of amides is 1. The molecule has 2 fully saturated rings. The van der Waals surface area contributed by atoms with Crippen molar-refractivity contribution in [3.8, 4) is 17.2 Å². The second-order valence-electron chi connectivity index (χ2n) is 9.18. The van der Waals surface area contributed by atoms with Gasteiger partial charge < -0.3 is 21.7 Å². The molecule has 1 saturated heterocycles. The Morgan fingerprint density at radius 3 is 2.19 bits per heavy atom. The zero-order valence-electron chi connectivity index (χ0n) is 18.6. The molecule has 5 N–H and O–H groups in total. The fourth-order valence-electron chi connectivity index (χ4n) is 4.20. The Hall–Kier alpha value is -2.76. The molecule has 2 unspecified atom stereocenters. The van der Waals surface area contributed by atoms with Crippen molar-refractivity contribution in [3.05, 3.63) is 59.7 Å². The van der Waals surface area contributed by atoms with Crippen molar-refractivity contribution in [3.63, 3.8) is 0 Å². The van der Waals surface area contributed by atoms with Gasteiger partial charge in [-0.15, -0.1) is 0 Å². The van der Waals surface area contributed by atoms with E-state index in [1.165, 1.54) is 11.1 Å². The molecule has 0 bridgehead atoms. The van der Waals surface area contributed by atoms with Gasteiger partial charge in [-0.05, 0) is 35.7 Å². The van der Waals surface area contributed by atoms with E-state index >= 15 is 0 Å². The van der Waals surface area contributed by atoms with Crippen LogP contribution in [0.4, 0.5) is 0 Å². The number of piperazine rings is 1. The summed E-state index contributed by atoms with van der Waals surface area (Å²) in [5.74, 6) is -0.758. The van der Waals surface area contributed by atoms with E-state index in [0.717, 1.165) is 43.9 Å². The lowest BCUT2D eigenvalue weighted by atomic mass is 10.0. The molecule has 2 aromatic carbocycles. The summed E-state index contributed by atoms with van der Waals surface area (Å²) in [5, 5.41) is 11.7. The number of carbonyl (C=O) groups is 1. The first-order valence-electron chi connectivity index (χ1n) is 11.2. The minimum absolute atomic E-state index is 0.343. The Morgan fingerprint density at radius 1 is 1.09 bits per heavy atom. The highest BCUT2D eigenvalue weighted by atomic mass is 16.2. The number of nitrogens with two attached hydrogens (primary N) is 2. The van der Waals surface area contributed by atoms with Crippen LogP contribution in [0.3, 0.4) is 0 Å². The van der Waals surface area contributed by atoms with Crippen LogP contribution in [0.5, 0.6) is 0 Å². The predicted molar refractivity (Wildman–Crippen MR) is 125 cm³/mol. The van der Waals surface area contributed by atoms with Gasteiger partial charge in [0.25, 0.3) is 0 Å². The van der Waals surface area contributed by atoms with Crippen LogP contribution >= 0.6 is 0 Å². The van der Waals surface area contributed by atoms with E-state index in [0.29, 0.717) is 12.8 Å². The highest BCUT2D eigenvalue weighted by molar-refractivity contribution is 5.90. The van der Waals surface area contributed by atoms with Gasteiger partial charge in [0.2, 0.25) is 5.91 Å². The van der Waals surface area contributed by atoms with E-state index < -0.39 is 17.6 Å². The fourth-order valence-corrected chi connectivity index (χ4v) is 4.20. The first-order valence-corrected chi connectivity index (χ1v) is 11.2. The summed E-state index contributed by atoms with van der Waals surface area (Å²) in [6.45, 7) is 5.49. The molecule has 1 saturated carbocycles. The highest BCUT2D eigenvalue weighted by Crippen LogP contribution is 2.40. The Balaban J connectivity index is 1.29. The lowest BCUT2D eigenvalue weighted by Crippen LogP contribution is -2.52. The first-order chi connectivity index (χ1) is 15.4. The van der Waals surface area contributed by atoms with Gasteiger partial charge in [-0.2, -0.15) is 5.26 Å². The molecule has 4 rings (SSSR count). The normalized spacial score (nSPS) is 24.5. The van der Waals surface area contributed by atoms with E-state index in [9.17, 15) is 4.79 Å². The van der Waals surface area contributed by atoms with Crippen molar-refractivity contribution in [1.29, 1.82) is 5.26 Å². The second kappa shape index (κ2) is 9.39. The van der Waals surface area contributed by atoms with Crippen LogP contribution in [0.15, 0.2) is 48.5 Å². The quantitative estimate of drug-likeness (QED) is 0.569. The topological polar surface area (TPSA) is 111 Å². The number of nitriles is 1. The van der Waals surface area contributed by atoms with E-state index in [-0.39, 0.29) is 5.91 Å². The SMILES string of the molecule is CN1CCN(Cc2ccc(-c3ccc(CC(N)NC(=O)[C@]4(N)CC4C#N)cc3)cc2)CC1. The number of hydrogen-bond donors (Lipinski definition) is 3. The van der Waals surface area contributed by atoms with Crippen LogP contribution in [0, 0.1) is 17.2 Å². The number of benzene rings is 2. The molecule has 1 amide bonds. The zero-order chi connectivity index (χ0) is 22.7. The molecular weight excluding hydrogens is 400 g/mol. The molecular formula is C25H32N6O. The van der Waals surface area contributed by atoms with Gasteiger partial charge in [-0.3, -0.25) is 9.69 Å². The van der Waals surface area contributed by atoms with Crippen LogP contribution in [-0.2, 0) is 17.8 Å². The summed E-state index contributed by atoms with van der Waals surface area (Å²) in [7, 11) is 2.18. The van der Waals surface area contributed by atoms with Gasteiger partial charge in [0.1, 0.15) is 5.54 Å². The molecule has 2 aliphatic rings. The molecule has 1 aliphatic carbocycles. The lowest BCUT2D eigenvalue weighted by Gasteiger charge is -2.32. The summed E-state index contributed by atoms with van der Waals surface area (Å²) in [6.07, 6.45) is 0.358. The number of carbonyl (C=O) groups excluding carboxylic acids is 1. The average molecular weight is 433 g/mol. The van der Waals surface area contributed by atoms with Crippen molar-refractivity contribution >= 4 is 5.91 Å². The van der Waals surface area contributed by atoms with Gasteiger partial charge >= 0.3 is 0 Å². The number of hydrogen-bond acceptors (Lipinski definition) is 6. The third-order valence-corrected chi connectivity index (χ3v) is 6.60. The molecule has 1 heterocycles. The zero-order valence-corrected chi connectivity index (χ0v) is 18.6. The third-order valence-electron chi connectivity index (χ3n) is 6.60. The van der Waals surface area contributed by atoms with Crippen LogP contribution in [0.2, 0.25) is 0 Å². The summed E-state index contributed by atoms with van der Waals surface area (Å²) in [4.78, 5) is 17.1. The van der Waals surface area contributed by atoms with Gasteiger partial charge in [-0.25, -0.2) is 0 Å². The molecule has 1 aliphatic heterocycles. The molecule has 7 nitrogen and oxygen atoms in total. The second-order valence-corrected chi connectivity index (χ2v) is 9.18. The molecule has 0 spiro atoms. The summed E-state index contributed by atoms with van der Waals surface area (Å²) in [6, 6.07) is 19.0. The molecule has 0 radical (unpaired) electrons. The van der Waals surface area contributed by atoms with Crippen LogP contribution in [0.25, 0.3) is 11.1 Å². The summed E-state index contributed by atoms with van der Waals surface area (Å²) < 4.78 is 0. The number of likely N-dealkylation sites (N-methyl/N-ethyl adjacent to an activating group) is 1. The maximum Gasteiger partial charge on any atom is 0.242 e. The van der Waals surface area contributed by atoms with Crippen LogP contribution in [-0.4, -0.2) is 60.6 Å². The van der Waals surface area contributed by atoms with Crippen molar-refractivity contribution < 1.29 is 4.79 Å². The molecule has 2 aromatic rings. The maximum atomic E-state index is 12.2. The average Bonchev–Trinajstić information content (AvgIpc) is 3.48. The molecule has 3 atom stereocenters. The van der Waals surface area contributed by atoms with Crippen molar-refractivity contribution in [2.75, 3.05) is 33.2 Å². The van der Waals surface area contributed by atoms with E-state index in [2.05, 4.69) is 58.6 Å². The lowest BCUT2D eigenvalue weighted by molar-refractivity contribution is -0.124. The van der Waals surface area contributed by atoms with Gasteiger partial charge in [0.15, 0.2) is 0 Å². The number of nitrogens with one attached hydrogen (secondary N) is 1. The van der Waals surface area contributed by atoms with Crippen LogP contribution in [0.1, 0.15) is 17.5 Å². The Bertz CT molecular complexity index is 975. The van der Waals surface area contributed by atoms with E-state index in [1.807, 2.05) is 18.2 Å². The van der Waals surface area contributed by atoms with Crippen molar-refractivity contribution in [2.24, 2.45) is 17.4 Å². The Kier molecular flexibility index (Phi) is 6.58. The standard InChI is InChI=1S/C25H32N6O/c1-30-10-12-31(13-11-30)17-19-4-8-21(9-5-19)20-6-2-18(3-7-20)14-23(27)29-24(32)25(28)15-22(25)16-26/h2-9,22-23H,10-15,17,27-28H2,1H3,(H,29,32)/t22?,23?,25-/m0/s1. The van der Waals surface area contributed by atoms with Crippen molar-refractivity contribution in [1.82, 2.24) is 15.1 Å². The Labute approximate surface area is 190 Å². The Morgan fingerprint density at radius 2 is 1.66 bits per heavy atom. The smallest absolute Gasteiger partial charge is 0.242 e. The molecule has 7 heteroatoms. The monoisotopic (exact) mass is 432 g/mol. The molecule has 32 heavy (non-hydrogen) atoms. The molecule has 0 aromatic heterocycles. The predicted octanol–water partition coefficient (Wildman–Crippen LogP) is 1.29. The molecule has 168 valence electrons. The minimum atomic E-state index is -1.08. The first kappa shape index (κ1) is 22.4. The minimum Gasteiger partial charge on any atom is -0.339 e. The van der Waals surface area contributed by atoms with Crippen molar-refractivity contribution in [2.45, 2.75) is 31.1 Å². The van der Waals surface area contributed by atoms with Gasteiger partial charge in [0.05, 0.1) is 18.2 Å². The summed E-state index contributed by atoms with van der Waals surface area (Å²) in [5.41, 5.74) is 15.7. The van der Waals surface area contributed by atoms with Crippen LogP contribution < -0.4 is 16.8 Å². The maximum absolute atomic E-state index is 12.2. The van der Waals surface area contributed by atoms with E-state index in [1.54, 1.807) is 0 Å².